The number of aryl methyl sites for hydroxylation is 2. The Labute approximate surface area is 197 Å². The minimum atomic E-state index is -1.02. The van der Waals surface area contributed by atoms with E-state index in [1.165, 1.54) is 15.8 Å². The third-order valence-electron chi connectivity index (χ3n) is 5.67. The summed E-state index contributed by atoms with van der Waals surface area (Å²) in [5.41, 5.74) is 4.08. The van der Waals surface area contributed by atoms with Crippen LogP contribution < -0.4 is 10.2 Å². The van der Waals surface area contributed by atoms with E-state index < -0.39 is 6.04 Å². The molecule has 0 aliphatic rings. The van der Waals surface area contributed by atoms with Crippen molar-refractivity contribution in [3.05, 3.63) is 77.7 Å². The average molecular weight is 462 g/mol. The van der Waals surface area contributed by atoms with E-state index in [1.807, 2.05) is 56.3 Å². The second kappa shape index (κ2) is 10.3. The lowest BCUT2D eigenvalue weighted by molar-refractivity contribution is -0.127. The fourth-order valence-corrected chi connectivity index (χ4v) is 3.74. The number of hydrogen-bond acceptors (Lipinski definition) is 6. The lowest BCUT2D eigenvalue weighted by Gasteiger charge is -2.30. The molecule has 0 saturated carbocycles. The van der Waals surface area contributed by atoms with Crippen LogP contribution in [0.1, 0.15) is 22.9 Å². The highest BCUT2D eigenvalue weighted by Gasteiger charge is 2.35. The number of methoxy groups -OCH3 is 1. The number of hydrogen-bond donors (Lipinski definition) is 1. The van der Waals surface area contributed by atoms with Gasteiger partial charge in [0.15, 0.2) is 6.04 Å². The topological polar surface area (TPSA) is 102 Å². The van der Waals surface area contributed by atoms with Gasteiger partial charge >= 0.3 is 0 Å². The SMILES string of the molecule is COCCNC(=O)C(c1ccco1)N(C(=O)Cn1nnc2ccccc21)c1ccc(C)c(C)c1. The Morgan fingerprint density at radius 2 is 1.94 bits per heavy atom. The van der Waals surface area contributed by atoms with Crippen LogP contribution in [0.3, 0.4) is 0 Å². The highest BCUT2D eigenvalue weighted by atomic mass is 16.5. The van der Waals surface area contributed by atoms with Crippen molar-refractivity contribution in [2.45, 2.75) is 26.4 Å². The number of para-hydroxylation sites is 1. The van der Waals surface area contributed by atoms with E-state index in [-0.39, 0.29) is 18.4 Å². The summed E-state index contributed by atoms with van der Waals surface area (Å²) in [4.78, 5) is 28.6. The molecule has 9 nitrogen and oxygen atoms in total. The van der Waals surface area contributed by atoms with Gasteiger partial charge in [0.2, 0.25) is 5.91 Å². The molecule has 4 rings (SSSR count). The summed E-state index contributed by atoms with van der Waals surface area (Å²) < 4.78 is 12.2. The van der Waals surface area contributed by atoms with Crippen molar-refractivity contribution < 1.29 is 18.7 Å². The van der Waals surface area contributed by atoms with E-state index in [2.05, 4.69) is 15.6 Å². The van der Waals surface area contributed by atoms with Crippen LogP contribution in [0.15, 0.2) is 65.3 Å². The first kappa shape index (κ1) is 23.2. The average Bonchev–Trinajstić information content (AvgIpc) is 3.50. The number of rotatable bonds is 9. The Hall–Kier alpha value is -3.98. The minimum absolute atomic E-state index is 0.101. The molecule has 0 bridgehead atoms. The van der Waals surface area contributed by atoms with Crippen LogP contribution >= 0.6 is 0 Å². The monoisotopic (exact) mass is 461 g/mol. The van der Waals surface area contributed by atoms with Crippen LogP contribution in [0.5, 0.6) is 0 Å². The van der Waals surface area contributed by atoms with Gasteiger partial charge in [-0.05, 0) is 61.4 Å². The molecule has 176 valence electrons. The Bertz CT molecular complexity index is 1280. The molecule has 4 aromatic rings. The van der Waals surface area contributed by atoms with E-state index in [0.717, 1.165) is 16.6 Å². The zero-order valence-corrected chi connectivity index (χ0v) is 19.4. The van der Waals surface area contributed by atoms with Crippen molar-refractivity contribution in [1.82, 2.24) is 20.3 Å². The van der Waals surface area contributed by atoms with E-state index >= 15 is 0 Å². The molecular formula is C25H27N5O4. The van der Waals surface area contributed by atoms with Crippen molar-refractivity contribution in [1.29, 1.82) is 0 Å². The highest BCUT2D eigenvalue weighted by molar-refractivity contribution is 6.01. The normalized spacial score (nSPS) is 12.0. The quantitative estimate of drug-likeness (QED) is 0.384. The maximum absolute atomic E-state index is 13.8. The largest absolute Gasteiger partial charge is 0.467 e. The van der Waals surface area contributed by atoms with Gasteiger partial charge in [0.25, 0.3) is 5.91 Å². The summed E-state index contributed by atoms with van der Waals surface area (Å²) >= 11 is 0. The molecular weight excluding hydrogens is 434 g/mol. The molecule has 1 atom stereocenters. The van der Waals surface area contributed by atoms with Crippen LogP contribution in [0, 0.1) is 13.8 Å². The predicted molar refractivity (Wildman–Crippen MR) is 127 cm³/mol. The summed E-state index contributed by atoms with van der Waals surface area (Å²) in [7, 11) is 1.56. The summed E-state index contributed by atoms with van der Waals surface area (Å²) in [6.45, 7) is 4.51. The molecule has 0 aliphatic carbocycles. The van der Waals surface area contributed by atoms with Crippen molar-refractivity contribution in [2.75, 3.05) is 25.2 Å². The van der Waals surface area contributed by atoms with Crippen molar-refractivity contribution in [2.24, 2.45) is 0 Å². The number of ether oxygens (including phenoxy) is 1. The van der Waals surface area contributed by atoms with E-state index in [1.54, 1.807) is 19.2 Å². The Kier molecular flexibility index (Phi) is 7.03. The Morgan fingerprint density at radius 3 is 2.68 bits per heavy atom. The molecule has 0 spiro atoms. The first-order chi connectivity index (χ1) is 16.5. The molecule has 0 saturated heterocycles. The maximum atomic E-state index is 13.8. The molecule has 0 radical (unpaired) electrons. The van der Waals surface area contributed by atoms with Crippen LogP contribution in [0.4, 0.5) is 5.69 Å². The number of nitrogens with zero attached hydrogens (tertiary/aromatic N) is 4. The van der Waals surface area contributed by atoms with Gasteiger partial charge in [-0.1, -0.05) is 23.4 Å². The second-order valence-electron chi connectivity index (χ2n) is 7.97. The Morgan fingerprint density at radius 1 is 1.12 bits per heavy atom. The van der Waals surface area contributed by atoms with Gasteiger partial charge in [-0.25, -0.2) is 4.68 Å². The molecule has 1 N–H and O–H groups in total. The lowest BCUT2D eigenvalue weighted by atomic mass is 10.1. The van der Waals surface area contributed by atoms with Crippen LogP contribution in [-0.4, -0.2) is 47.1 Å². The van der Waals surface area contributed by atoms with Gasteiger partial charge < -0.3 is 14.5 Å². The number of nitrogens with one attached hydrogen (secondary N) is 1. The van der Waals surface area contributed by atoms with Crippen LogP contribution in [0.2, 0.25) is 0 Å². The molecule has 2 heterocycles. The van der Waals surface area contributed by atoms with Crippen molar-refractivity contribution in [3.8, 4) is 0 Å². The molecule has 0 aliphatic heterocycles. The molecule has 2 aromatic heterocycles. The lowest BCUT2D eigenvalue weighted by Crippen LogP contribution is -2.45. The number of carbonyl (C=O) groups excluding carboxylic acids is 2. The van der Waals surface area contributed by atoms with E-state index in [4.69, 9.17) is 9.15 Å². The van der Waals surface area contributed by atoms with Gasteiger partial charge in [0, 0.05) is 19.3 Å². The molecule has 34 heavy (non-hydrogen) atoms. The maximum Gasteiger partial charge on any atom is 0.251 e. The summed E-state index contributed by atoms with van der Waals surface area (Å²) in [6, 6.07) is 15.4. The number of fused-ring (bicyclic) bond motifs is 1. The fraction of sp³-hybridized carbons (Fsp3) is 0.280. The van der Waals surface area contributed by atoms with Crippen molar-refractivity contribution in [3.63, 3.8) is 0 Å². The number of benzene rings is 2. The van der Waals surface area contributed by atoms with Gasteiger partial charge in [-0.2, -0.15) is 0 Å². The molecule has 1 unspecified atom stereocenters. The predicted octanol–water partition coefficient (Wildman–Crippen LogP) is 3.18. The number of furan rings is 1. The van der Waals surface area contributed by atoms with Gasteiger partial charge in [-0.3, -0.25) is 14.5 Å². The summed E-state index contributed by atoms with van der Waals surface area (Å²) in [6.07, 6.45) is 1.48. The standard InChI is InChI=1S/C25H27N5O4/c1-17-10-11-19(15-18(17)2)30(23(31)16-29-21-8-5-4-7-20(21)27-28-29)24(22-9-6-13-34-22)25(32)26-12-14-33-3/h4-11,13,15,24H,12,14,16H2,1-3H3,(H,26,32). The van der Waals surface area contributed by atoms with E-state index in [9.17, 15) is 9.59 Å². The third-order valence-corrected chi connectivity index (χ3v) is 5.67. The smallest absolute Gasteiger partial charge is 0.251 e. The number of carbonyl (C=O) groups is 2. The number of aromatic nitrogens is 3. The summed E-state index contributed by atoms with van der Waals surface area (Å²) in [5, 5.41) is 11.1. The van der Waals surface area contributed by atoms with Gasteiger partial charge in [0.05, 0.1) is 18.4 Å². The van der Waals surface area contributed by atoms with Crippen LogP contribution in [-0.2, 0) is 20.9 Å². The fourth-order valence-electron chi connectivity index (χ4n) is 3.74. The first-order valence-electron chi connectivity index (χ1n) is 11.0. The molecule has 2 amide bonds. The van der Waals surface area contributed by atoms with Crippen LogP contribution in [0.25, 0.3) is 11.0 Å². The third kappa shape index (κ3) is 4.84. The Balaban J connectivity index is 1.76. The first-order valence-corrected chi connectivity index (χ1v) is 11.0. The highest BCUT2D eigenvalue weighted by Crippen LogP contribution is 2.30. The van der Waals surface area contributed by atoms with Gasteiger partial charge in [-0.15, -0.1) is 5.10 Å². The number of amides is 2. The zero-order valence-electron chi connectivity index (χ0n) is 19.4. The van der Waals surface area contributed by atoms with Gasteiger partial charge in [0.1, 0.15) is 17.8 Å². The number of anilines is 1. The minimum Gasteiger partial charge on any atom is -0.467 e. The summed E-state index contributed by atoms with van der Waals surface area (Å²) in [5.74, 6) is -0.353. The second-order valence-corrected chi connectivity index (χ2v) is 7.97. The molecule has 0 fully saturated rings. The van der Waals surface area contributed by atoms with Crippen molar-refractivity contribution >= 4 is 28.5 Å². The molecule has 2 aromatic carbocycles. The molecule has 9 heteroatoms. The van der Waals surface area contributed by atoms with E-state index in [0.29, 0.717) is 30.1 Å². The zero-order chi connectivity index (χ0) is 24.1.